The van der Waals surface area contributed by atoms with E-state index in [4.69, 9.17) is 0 Å². The molecule has 0 aliphatic rings. The molecule has 0 aliphatic carbocycles. The third-order valence-corrected chi connectivity index (χ3v) is 2.23. The molecule has 0 spiro atoms. The normalized spacial score (nSPS) is 7.80. The van der Waals surface area contributed by atoms with Gasteiger partial charge in [-0.15, -0.1) is 10.6 Å². The van der Waals surface area contributed by atoms with Crippen molar-refractivity contribution in [3.05, 3.63) is 24.5 Å². The van der Waals surface area contributed by atoms with Gasteiger partial charge in [0.1, 0.15) is 0 Å². The molecule has 0 bridgehead atoms. The summed E-state index contributed by atoms with van der Waals surface area (Å²) in [4.78, 5) is 2.86. The third-order valence-electron chi connectivity index (χ3n) is 1.07. The van der Waals surface area contributed by atoms with Gasteiger partial charge in [-0.3, -0.25) is 0 Å². The van der Waals surface area contributed by atoms with Gasteiger partial charge in [0, 0.05) is 12.4 Å². The average molecular weight is 152 g/mol. The first-order valence-corrected chi connectivity index (χ1v) is 5.44. The molecule has 2 heteroatoms. The van der Waals surface area contributed by atoms with E-state index in [0.717, 1.165) is 15.2 Å². The molecule has 55 valence electrons. The highest BCUT2D eigenvalue weighted by Crippen LogP contribution is 1.77. The van der Waals surface area contributed by atoms with Crippen LogP contribution in [0.5, 0.6) is 0 Å². The number of aromatic nitrogens is 1. The van der Waals surface area contributed by atoms with Crippen molar-refractivity contribution in [1.29, 1.82) is 0 Å². The van der Waals surface area contributed by atoms with Gasteiger partial charge >= 0.3 is 0 Å². The summed E-state index contributed by atoms with van der Waals surface area (Å²) in [6.45, 7) is 4.50. The van der Waals surface area contributed by atoms with Crippen molar-refractivity contribution in [1.82, 2.24) is 4.98 Å². The van der Waals surface area contributed by atoms with Crippen LogP contribution in [0.1, 0.15) is 13.8 Å². The maximum Gasteiger partial charge on any atom is 0.198 e. The SMILES string of the molecule is C[CH2][Al][CH2]C.c1cc[nH]c1. The minimum absolute atomic E-state index is 0.815. The van der Waals surface area contributed by atoms with E-state index >= 15 is 0 Å². The summed E-state index contributed by atoms with van der Waals surface area (Å²) < 4.78 is 0. The van der Waals surface area contributed by atoms with Gasteiger partial charge in [0.25, 0.3) is 0 Å². The Morgan fingerprint density at radius 1 is 1.10 bits per heavy atom. The first-order valence-electron chi connectivity index (χ1n) is 3.81. The van der Waals surface area contributed by atoms with Crippen molar-refractivity contribution in [3.63, 3.8) is 0 Å². The van der Waals surface area contributed by atoms with Gasteiger partial charge in [-0.2, -0.15) is 0 Å². The number of nitrogens with one attached hydrogen (secondary N) is 1. The molecular formula is C8H15AlN. The predicted molar refractivity (Wildman–Crippen MR) is 47.5 cm³/mol. The summed E-state index contributed by atoms with van der Waals surface area (Å²) in [7, 11) is 0. The number of H-pyrrole nitrogens is 1. The lowest BCUT2D eigenvalue weighted by atomic mass is 10.7. The van der Waals surface area contributed by atoms with Crippen LogP contribution in [0.2, 0.25) is 10.6 Å². The van der Waals surface area contributed by atoms with Crippen molar-refractivity contribution in [2.24, 2.45) is 0 Å². The highest BCUT2D eigenvalue weighted by Gasteiger charge is 1.74. The summed E-state index contributed by atoms with van der Waals surface area (Å²) in [6.07, 6.45) is 3.75. The van der Waals surface area contributed by atoms with Crippen molar-refractivity contribution >= 4 is 15.2 Å². The Hall–Kier alpha value is -0.188. The second kappa shape index (κ2) is 8.81. The summed E-state index contributed by atoms with van der Waals surface area (Å²) in [5.41, 5.74) is 0. The first kappa shape index (κ1) is 9.81. The van der Waals surface area contributed by atoms with Crippen LogP contribution in [-0.2, 0) is 0 Å². The Balaban J connectivity index is 0.000000162. The fourth-order valence-electron chi connectivity index (χ4n) is 0.566. The zero-order valence-electron chi connectivity index (χ0n) is 6.80. The fraction of sp³-hybridized carbons (Fsp3) is 0.500. The molecule has 1 rings (SSSR count). The largest absolute Gasteiger partial charge is 0.368 e. The molecule has 1 aromatic heterocycles. The van der Waals surface area contributed by atoms with E-state index in [0.29, 0.717) is 0 Å². The van der Waals surface area contributed by atoms with Crippen molar-refractivity contribution < 1.29 is 0 Å². The first-order chi connectivity index (χ1) is 4.91. The molecule has 0 saturated carbocycles. The summed E-state index contributed by atoms with van der Waals surface area (Å²) >= 11 is 0.815. The monoisotopic (exact) mass is 152 g/mol. The smallest absolute Gasteiger partial charge is 0.198 e. The molecule has 1 nitrogen and oxygen atoms in total. The maximum absolute atomic E-state index is 2.86. The lowest BCUT2D eigenvalue weighted by molar-refractivity contribution is 1.36. The van der Waals surface area contributed by atoms with E-state index in [1.54, 1.807) is 0 Å². The molecule has 0 unspecified atom stereocenters. The molecule has 1 aromatic rings. The second-order valence-corrected chi connectivity index (χ2v) is 4.20. The molecule has 0 aromatic carbocycles. The van der Waals surface area contributed by atoms with Gasteiger partial charge in [0.2, 0.25) is 0 Å². The van der Waals surface area contributed by atoms with Crippen molar-refractivity contribution in [3.8, 4) is 0 Å². The molecule has 0 aliphatic heterocycles. The maximum atomic E-state index is 2.86. The van der Waals surface area contributed by atoms with Gasteiger partial charge < -0.3 is 4.98 Å². The van der Waals surface area contributed by atoms with Gasteiger partial charge in [-0.1, -0.05) is 13.8 Å². The Bertz CT molecular complexity index is 95.6. The second-order valence-electron chi connectivity index (χ2n) is 1.99. The van der Waals surface area contributed by atoms with Crippen LogP contribution in [0, 0.1) is 0 Å². The molecule has 0 saturated heterocycles. The number of hydrogen-bond acceptors (Lipinski definition) is 0. The minimum Gasteiger partial charge on any atom is -0.368 e. The van der Waals surface area contributed by atoms with E-state index in [2.05, 4.69) is 18.8 Å². The molecule has 0 atom stereocenters. The zero-order chi connectivity index (χ0) is 7.66. The molecule has 0 amide bonds. The Morgan fingerprint density at radius 3 is 1.70 bits per heavy atom. The van der Waals surface area contributed by atoms with Gasteiger partial charge in [0.15, 0.2) is 15.2 Å². The molecule has 0 fully saturated rings. The zero-order valence-corrected chi connectivity index (χ0v) is 7.96. The lowest BCUT2D eigenvalue weighted by Gasteiger charge is -1.74. The van der Waals surface area contributed by atoms with Crippen molar-refractivity contribution in [2.45, 2.75) is 24.4 Å². The number of aromatic amines is 1. The summed E-state index contributed by atoms with van der Waals surface area (Å²) in [5, 5.41) is 2.85. The Morgan fingerprint density at radius 2 is 1.60 bits per heavy atom. The van der Waals surface area contributed by atoms with Crippen LogP contribution in [0.25, 0.3) is 0 Å². The van der Waals surface area contributed by atoms with E-state index in [1.165, 1.54) is 10.6 Å². The topological polar surface area (TPSA) is 15.8 Å². The predicted octanol–water partition coefficient (Wildman–Crippen LogP) is 2.58. The van der Waals surface area contributed by atoms with Crippen LogP contribution in [0.4, 0.5) is 0 Å². The summed E-state index contributed by atoms with van der Waals surface area (Å²) in [5.74, 6) is 0. The number of rotatable bonds is 2. The van der Waals surface area contributed by atoms with Crippen LogP contribution in [0.15, 0.2) is 24.5 Å². The Kier molecular flexibility index (Phi) is 8.65. The highest BCUT2D eigenvalue weighted by atomic mass is 27.1. The quantitative estimate of drug-likeness (QED) is 0.627. The highest BCUT2D eigenvalue weighted by molar-refractivity contribution is 6.34. The summed E-state index contributed by atoms with van der Waals surface area (Å²) in [6, 6.07) is 3.89. The van der Waals surface area contributed by atoms with Crippen molar-refractivity contribution in [2.75, 3.05) is 0 Å². The number of hydrogen-bond donors (Lipinski definition) is 1. The lowest BCUT2D eigenvalue weighted by Crippen LogP contribution is -1.76. The van der Waals surface area contributed by atoms with E-state index in [9.17, 15) is 0 Å². The van der Waals surface area contributed by atoms with Crippen LogP contribution < -0.4 is 0 Å². The molecule has 1 N–H and O–H groups in total. The minimum atomic E-state index is 0.815. The molecule has 1 radical (unpaired) electrons. The van der Waals surface area contributed by atoms with Crippen LogP contribution >= 0.6 is 0 Å². The van der Waals surface area contributed by atoms with Crippen LogP contribution in [-0.4, -0.2) is 20.2 Å². The standard InChI is InChI=1S/C4H5N.2C2H5.Al/c1-2-4-5-3-1;2*1-2;/h1-5H;2*1H2,2H3;. The Labute approximate surface area is 69.6 Å². The van der Waals surface area contributed by atoms with Gasteiger partial charge in [-0.05, 0) is 12.1 Å². The third kappa shape index (κ3) is 7.81. The van der Waals surface area contributed by atoms with E-state index < -0.39 is 0 Å². The van der Waals surface area contributed by atoms with E-state index in [1.807, 2.05) is 24.5 Å². The fourth-order valence-corrected chi connectivity index (χ4v) is 1.14. The van der Waals surface area contributed by atoms with Gasteiger partial charge in [-0.25, -0.2) is 0 Å². The van der Waals surface area contributed by atoms with Crippen LogP contribution in [0.3, 0.4) is 0 Å². The molecular weight excluding hydrogens is 137 g/mol. The van der Waals surface area contributed by atoms with E-state index in [-0.39, 0.29) is 0 Å². The molecule has 10 heavy (non-hydrogen) atoms. The average Bonchev–Trinajstić information content (AvgIpc) is 2.44. The van der Waals surface area contributed by atoms with Gasteiger partial charge in [0.05, 0.1) is 0 Å². The molecule has 1 heterocycles.